The fourth-order valence-electron chi connectivity index (χ4n) is 2.74. The van der Waals surface area contributed by atoms with Crippen LogP contribution in [0, 0.1) is 17.3 Å². The Bertz CT molecular complexity index is 297. The number of fused-ring (bicyclic) bond motifs is 1. The van der Waals surface area contributed by atoms with Crippen LogP contribution in [0.15, 0.2) is 0 Å². The second-order valence-corrected chi connectivity index (χ2v) is 4.91. The Hall–Kier alpha value is -0.860. The lowest BCUT2D eigenvalue weighted by Crippen LogP contribution is -2.41. The number of cyclic esters (lactones) is 1. The highest BCUT2D eigenvalue weighted by Crippen LogP contribution is 2.50. The van der Waals surface area contributed by atoms with Crippen LogP contribution in [0.1, 0.15) is 33.6 Å². The van der Waals surface area contributed by atoms with E-state index in [1.807, 2.05) is 13.8 Å². The van der Waals surface area contributed by atoms with Gasteiger partial charge in [-0.05, 0) is 13.3 Å². The molecule has 2 aliphatic rings. The van der Waals surface area contributed by atoms with Gasteiger partial charge in [0.1, 0.15) is 11.9 Å². The minimum atomic E-state index is -0.193. The van der Waals surface area contributed by atoms with Crippen molar-refractivity contribution in [3.05, 3.63) is 0 Å². The highest BCUT2D eigenvalue weighted by molar-refractivity contribution is 5.89. The van der Waals surface area contributed by atoms with Gasteiger partial charge in [0.05, 0.1) is 5.92 Å². The third kappa shape index (κ3) is 1.11. The zero-order valence-electron chi connectivity index (χ0n) is 8.87. The maximum atomic E-state index is 11.5. The van der Waals surface area contributed by atoms with Crippen LogP contribution in [-0.4, -0.2) is 17.9 Å². The van der Waals surface area contributed by atoms with Crippen molar-refractivity contribution in [3.63, 3.8) is 0 Å². The van der Waals surface area contributed by atoms with Gasteiger partial charge in [0.15, 0.2) is 0 Å². The Morgan fingerprint density at radius 1 is 1.36 bits per heavy atom. The van der Waals surface area contributed by atoms with Crippen LogP contribution in [0.5, 0.6) is 0 Å². The summed E-state index contributed by atoms with van der Waals surface area (Å²) in [5.74, 6) is -0.0897. The van der Waals surface area contributed by atoms with Gasteiger partial charge in [0.25, 0.3) is 0 Å². The smallest absolute Gasteiger partial charge is 0.310 e. The summed E-state index contributed by atoms with van der Waals surface area (Å²) in [5, 5.41) is 0. The van der Waals surface area contributed by atoms with Crippen LogP contribution < -0.4 is 0 Å². The summed E-state index contributed by atoms with van der Waals surface area (Å²) >= 11 is 0. The SMILES string of the molecule is C[C@H]1C[C@]2(C)[C@@H](C)OC(=O)[C@@H]2CC1=O. The van der Waals surface area contributed by atoms with Crippen molar-refractivity contribution in [1.29, 1.82) is 0 Å². The zero-order chi connectivity index (χ0) is 10.5. The highest BCUT2D eigenvalue weighted by atomic mass is 16.6. The fraction of sp³-hybridized carbons (Fsp3) is 0.818. The molecule has 0 aromatic carbocycles. The normalized spacial score (nSPS) is 47.5. The van der Waals surface area contributed by atoms with Crippen molar-refractivity contribution in [2.45, 2.75) is 39.7 Å². The molecule has 1 saturated carbocycles. The molecule has 2 fully saturated rings. The molecule has 0 radical (unpaired) electrons. The monoisotopic (exact) mass is 196 g/mol. The molecule has 0 bridgehead atoms. The molecular weight excluding hydrogens is 180 g/mol. The molecule has 3 nitrogen and oxygen atoms in total. The third-order valence-corrected chi connectivity index (χ3v) is 4.00. The standard InChI is InChI=1S/C11H16O3/c1-6-5-11(3)7(2)14-10(13)8(11)4-9(6)12/h6-8H,4-5H2,1-3H3/t6-,7+,8-,11+/m0/s1. The van der Waals surface area contributed by atoms with E-state index in [1.54, 1.807) is 0 Å². The number of Topliss-reactive ketones (excluding diaryl/α,β-unsaturated/α-hetero) is 1. The molecule has 1 aliphatic heterocycles. The first-order valence-corrected chi connectivity index (χ1v) is 5.18. The molecule has 0 amide bonds. The number of ketones is 1. The van der Waals surface area contributed by atoms with Crippen LogP contribution >= 0.6 is 0 Å². The van der Waals surface area contributed by atoms with Crippen LogP contribution in [-0.2, 0) is 14.3 Å². The second-order valence-electron chi connectivity index (χ2n) is 4.91. The lowest BCUT2D eigenvalue weighted by molar-refractivity contribution is -0.145. The minimum absolute atomic E-state index is 0.0458. The van der Waals surface area contributed by atoms with Gasteiger partial charge in [-0.1, -0.05) is 13.8 Å². The Morgan fingerprint density at radius 2 is 2.00 bits per heavy atom. The van der Waals surface area contributed by atoms with E-state index in [1.165, 1.54) is 0 Å². The Morgan fingerprint density at radius 3 is 2.64 bits per heavy atom. The topological polar surface area (TPSA) is 43.4 Å². The van der Waals surface area contributed by atoms with Crippen molar-refractivity contribution in [3.8, 4) is 0 Å². The van der Waals surface area contributed by atoms with Crippen LogP contribution in [0.25, 0.3) is 0 Å². The molecule has 2 rings (SSSR count). The molecule has 1 heterocycles. The largest absolute Gasteiger partial charge is 0.462 e. The minimum Gasteiger partial charge on any atom is -0.462 e. The number of carbonyl (C=O) groups is 2. The fourth-order valence-corrected chi connectivity index (χ4v) is 2.74. The van der Waals surface area contributed by atoms with Gasteiger partial charge in [-0.25, -0.2) is 0 Å². The molecule has 1 saturated heterocycles. The van der Waals surface area contributed by atoms with E-state index >= 15 is 0 Å². The second kappa shape index (κ2) is 2.81. The molecule has 1 aliphatic carbocycles. The molecule has 0 unspecified atom stereocenters. The number of rotatable bonds is 0. The van der Waals surface area contributed by atoms with Crippen molar-refractivity contribution in [2.24, 2.45) is 17.3 Å². The Labute approximate surface area is 83.8 Å². The van der Waals surface area contributed by atoms with E-state index in [0.717, 1.165) is 6.42 Å². The first-order chi connectivity index (χ1) is 6.45. The summed E-state index contributed by atoms with van der Waals surface area (Å²) in [4.78, 5) is 23.0. The number of carbonyl (C=O) groups excluding carboxylic acids is 2. The Kier molecular flexibility index (Phi) is 1.95. The molecular formula is C11H16O3. The van der Waals surface area contributed by atoms with Gasteiger partial charge in [-0.15, -0.1) is 0 Å². The molecule has 78 valence electrons. The summed E-state index contributed by atoms with van der Waals surface area (Å²) in [7, 11) is 0. The maximum absolute atomic E-state index is 11.5. The van der Waals surface area contributed by atoms with Gasteiger partial charge in [-0.3, -0.25) is 9.59 Å². The summed E-state index contributed by atoms with van der Waals surface area (Å²) < 4.78 is 5.22. The average Bonchev–Trinajstić information content (AvgIpc) is 2.29. The molecule has 0 aromatic rings. The first kappa shape index (κ1) is 9.69. The van der Waals surface area contributed by atoms with E-state index in [0.29, 0.717) is 6.42 Å². The summed E-state index contributed by atoms with van der Waals surface area (Å²) in [6.07, 6.45) is 1.11. The van der Waals surface area contributed by atoms with E-state index in [2.05, 4.69) is 6.92 Å². The highest BCUT2D eigenvalue weighted by Gasteiger charge is 2.56. The van der Waals surface area contributed by atoms with E-state index < -0.39 is 0 Å². The quantitative estimate of drug-likeness (QED) is 0.552. The number of ether oxygens (including phenoxy) is 1. The zero-order valence-corrected chi connectivity index (χ0v) is 8.87. The summed E-state index contributed by atoms with van der Waals surface area (Å²) in [6.45, 7) is 5.94. The molecule has 0 aromatic heterocycles. The predicted molar refractivity (Wildman–Crippen MR) is 50.6 cm³/mol. The van der Waals surface area contributed by atoms with Gasteiger partial charge < -0.3 is 4.74 Å². The maximum Gasteiger partial charge on any atom is 0.310 e. The number of esters is 1. The van der Waals surface area contributed by atoms with Crippen LogP contribution in [0.2, 0.25) is 0 Å². The van der Waals surface area contributed by atoms with Crippen LogP contribution in [0.4, 0.5) is 0 Å². The van der Waals surface area contributed by atoms with E-state index in [9.17, 15) is 9.59 Å². The van der Waals surface area contributed by atoms with Crippen molar-refractivity contribution >= 4 is 11.8 Å². The number of hydrogen-bond donors (Lipinski definition) is 0. The summed E-state index contributed by atoms with van der Waals surface area (Å²) in [6, 6.07) is 0. The van der Waals surface area contributed by atoms with E-state index in [-0.39, 0.29) is 35.1 Å². The lowest BCUT2D eigenvalue weighted by atomic mass is 9.63. The molecule has 0 N–H and O–H groups in total. The van der Waals surface area contributed by atoms with E-state index in [4.69, 9.17) is 4.74 Å². The summed E-state index contributed by atoms with van der Waals surface area (Å²) in [5.41, 5.74) is -0.121. The molecule has 14 heavy (non-hydrogen) atoms. The van der Waals surface area contributed by atoms with Crippen molar-refractivity contribution in [1.82, 2.24) is 0 Å². The van der Waals surface area contributed by atoms with Crippen LogP contribution in [0.3, 0.4) is 0 Å². The lowest BCUT2D eigenvalue weighted by Gasteiger charge is -2.37. The van der Waals surface area contributed by atoms with Gasteiger partial charge in [0.2, 0.25) is 0 Å². The predicted octanol–water partition coefficient (Wildman–Crippen LogP) is 1.55. The average molecular weight is 196 g/mol. The van der Waals surface area contributed by atoms with Gasteiger partial charge in [0, 0.05) is 17.8 Å². The first-order valence-electron chi connectivity index (χ1n) is 5.18. The van der Waals surface area contributed by atoms with Crippen molar-refractivity contribution < 1.29 is 14.3 Å². The van der Waals surface area contributed by atoms with Gasteiger partial charge >= 0.3 is 5.97 Å². The van der Waals surface area contributed by atoms with Gasteiger partial charge in [-0.2, -0.15) is 0 Å². The Balaban J connectivity index is 2.32. The van der Waals surface area contributed by atoms with Crippen molar-refractivity contribution in [2.75, 3.05) is 0 Å². The molecule has 0 spiro atoms. The molecule has 3 heteroatoms. The third-order valence-electron chi connectivity index (χ3n) is 4.00. The number of hydrogen-bond acceptors (Lipinski definition) is 3. The molecule has 4 atom stereocenters.